The molecule has 0 fully saturated rings. The molecule has 2 aromatic heterocycles. The Kier molecular flexibility index (Phi) is 6.60. The van der Waals surface area contributed by atoms with Gasteiger partial charge < -0.3 is 14.6 Å². The summed E-state index contributed by atoms with van der Waals surface area (Å²) >= 11 is 3.44. The predicted octanol–water partition coefficient (Wildman–Crippen LogP) is 5.58. The number of ether oxygens (including phenoxy) is 1. The Bertz CT molecular complexity index is 1300. The van der Waals surface area contributed by atoms with Crippen molar-refractivity contribution in [2.75, 3.05) is 5.32 Å². The summed E-state index contributed by atoms with van der Waals surface area (Å²) in [7, 11) is 0. The highest BCUT2D eigenvalue weighted by molar-refractivity contribution is 9.10. The van der Waals surface area contributed by atoms with E-state index in [1.165, 1.54) is 12.1 Å². The number of hydrogen-bond donors (Lipinski definition) is 1. The SMILES string of the molecule is Cc1nn(Cc2ccc(Br)cc2)c(C)c1NC(=O)c1noc(C)c1COc1cccc(F)c1. The smallest absolute Gasteiger partial charge is 0.278 e. The van der Waals surface area contributed by atoms with Crippen LogP contribution in [0.4, 0.5) is 10.1 Å². The summed E-state index contributed by atoms with van der Waals surface area (Å²) in [5.41, 5.74) is 3.83. The van der Waals surface area contributed by atoms with Crippen LogP contribution in [0, 0.1) is 26.6 Å². The van der Waals surface area contributed by atoms with Gasteiger partial charge in [-0.05, 0) is 50.6 Å². The van der Waals surface area contributed by atoms with Crippen molar-refractivity contribution < 1.29 is 18.4 Å². The average molecular weight is 513 g/mol. The lowest BCUT2D eigenvalue weighted by atomic mass is 10.2. The third-order valence-corrected chi connectivity index (χ3v) is 5.77. The fraction of sp³-hybridized carbons (Fsp3) is 0.208. The van der Waals surface area contributed by atoms with E-state index in [0.717, 1.165) is 15.7 Å². The summed E-state index contributed by atoms with van der Waals surface area (Å²) in [5, 5.41) is 11.4. The van der Waals surface area contributed by atoms with Crippen LogP contribution in [0.15, 0.2) is 57.5 Å². The molecule has 0 aliphatic rings. The number of anilines is 1. The van der Waals surface area contributed by atoms with Crippen molar-refractivity contribution >= 4 is 27.5 Å². The Hall–Kier alpha value is -3.46. The molecule has 170 valence electrons. The summed E-state index contributed by atoms with van der Waals surface area (Å²) in [6.45, 7) is 6.02. The largest absolute Gasteiger partial charge is 0.489 e. The molecule has 0 aliphatic heterocycles. The van der Waals surface area contributed by atoms with Gasteiger partial charge in [-0.15, -0.1) is 0 Å². The first-order chi connectivity index (χ1) is 15.8. The highest BCUT2D eigenvalue weighted by atomic mass is 79.9. The number of amides is 1. The number of benzene rings is 2. The number of rotatable bonds is 7. The third kappa shape index (κ3) is 5.14. The van der Waals surface area contributed by atoms with Crippen molar-refractivity contribution in [1.82, 2.24) is 14.9 Å². The maximum absolute atomic E-state index is 13.4. The Balaban J connectivity index is 1.51. The zero-order valence-electron chi connectivity index (χ0n) is 18.4. The zero-order chi connectivity index (χ0) is 23.5. The summed E-state index contributed by atoms with van der Waals surface area (Å²) in [5.74, 6) is -0.0310. The standard InChI is InChI=1S/C24H22BrFN4O3/c1-14-22(15(2)30(28-14)12-17-7-9-18(25)10-8-17)27-24(31)23-21(16(3)33-29-23)13-32-20-6-4-5-19(26)11-20/h4-11H,12-13H2,1-3H3,(H,27,31). The second-order valence-corrected chi connectivity index (χ2v) is 8.51. The lowest BCUT2D eigenvalue weighted by molar-refractivity contribution is 0.101. The van der Waals surface area contributed by atoms with Gasteiger partial charge in [0.2, 0.25) is 0 Å². The first-order valence-corrected chi connectivity index (χ1v) is 11.0. The molecule has 0 bridgehead atoms. The molecule has 0 atom stereocenters. The number of aryl methyl sites for hydroxylation is 2. The van der Waals surface area contributed by atoms with Gasteiger partial charge in [0.25, 0.3) is 5.91 Å². The van der Waals surface area contributed by atoms with Crippen molar-refractivity contribution in [3.63, 3.8) is 0 Å². The van der Waals surface area contributed by atoms with Crippen LogP contribution in [-0.2, 0) is 13.2 Å². The minimum Gasteiger partial charge on any atom is -0.489 e. The maximum Gasteiger partial charge on any atom is 0.278 e. The molecule has 4 rings (SSSR count). The van der Waals surface area contributed by atoms with E-state index >= 15 is 0 Å². The van der Waals surface area contributed by atoms with Crippen LogP contribution in [0.5, 0.6) is 5.75 Å². The zero-order valence-corrected chi connectivity index (χ0v) is 19.9. The second kappa shape index (κ2) is 9.58. The molecule has 0 unspecified atom stereocenters. The van der Waals surface area contributed by atoms with Gasteiger partial charge in [0.1, 0.15) is 23.9 Å². The van der Waals surface area contributed by atoms with E-state index in [4.69, 9.17) is 9.26 Å². The number of nitrogens with one attached hydrogen (secondary N) is 1. The highest BCUT2D eigenvalue weighted by Gasteiger charge is 2.23. The van der Waals surface area contributed by atoms with E-state index in [1.54, 1.807) is 19.1 Å². The number of carbonyl (C=O) groups is 1. The Labute approximate surface area is 198 Å². The summed E-state index contributed by atoms with van der Waals surface area (Å²) in [4.78, 5) is 13.0. The highest BCUT2D eigenvalue weighted by Crippen LogP contribution is 2.24. The summed E-state index contributed by atoms with van der Waals surface area (Å²) in [6.07, 6.45) is 0. The normalized spacial score (nSPS) is 10.9. The molecule has 9 heteroatoms. The van der Waals surface area contributed by atoms with Gasteiger partial charge in [-0.1, -0.05) is 39.3 Å². The first kappa shape index (κ1) is 22.7. The van der Waals surface area contributed by atoms with E-state index < -0.39 is 11.7 Å². The molecule has 2 aromatic carbocycles. The lowest BCUT2D eigenvalue weighted by Crippen LogP contribution is -2.16. The van der Waals surface area contributed by atoms with Crippen molar-refractivity contribution in [3.8, 4) is 5.75 Å². The van der Waals surface area contributed by atoms with Gasteiger partial charge in [0.15, 0.2) is 5.69 Å². The third-order valence-electron chi connectivity index (χ3n) is 5.24. The Morgan fingerprint density at radius 2 is 1.94 bits per heavy atom. The quantitative estimate of drug-likeness (QED) is 0.349. The van der Waals surface area contributed by atoms with E-state index in [1.807, 2.05) is 42.8 Å². The molecular formula is C24H22BrFN4O3. The topological polar surface area (TPSA) is 82.2 Å². The molecular weight excluding hydrogens is 491 g/mol. The van der Waals surface area contributed by atoms with Gasteiger partial charge in [0.05, 0.1) is 29.2 Å². The van der Waals surface area contributed by atoms with Crippen LogP contribution < -0.4 is 10.1 Å². The monoisotopic (exact) mass is 512 g/mol. The first-order valence-electron chi connectivity index (χ1n) is 10.2. The molecule has 0 radical (unpaired) electrons. The van der Waals surface area contributed by atoms with Crippen molar-refractivity contribution in [2.24, 2.45) is 0 Å². The molecule has 0 saturated carbocycles. The number of hydrogen-bond acceptors (Lipinski definition) is 5. The van der Waals surface area contributed by atoms with Crippen LogP contribution in [0.1, 0.15) is 38.8 Å². The summed E-state index contributed by atoms with van der Waals surface area (Å²) in [6, 6.07) is 13.8. The Morgan fingerprint density at radius 3 is 2.67 bits per heavy atom. The van der Waals surface area contributed by atoms with E-state index in [-0.39, 0.29) is 12.3 Å². The number of carbonyl (C=O) groups excluding carboxylic acids is 1. The molecule has 7 nitrogen and oxygen atoms in total. The molecule has 1 amide bonds. The van der Waals surface area contributed by atoms with Crippen LogP contribution in [0.3, 0.4) is 0 Å². The van der Waals surface area contributed by atoms with Crippen LogP contribution in [-0.4, -0.2) is 20.8 Å². The molecule has 0 spiro atoms. The van der Waals surface area contributed by atoms with Crippen molar-refractivity contribution in [1.29, 1.82) is 0 Å². The maximum atomic E-state index is 13.4. The molecule has 1 N–H and O–H groups in total. The van der Waals surface area contributed by atoms with Gasteiger partial charge in [0, 0.05) is 10.5 Å². The van der Waals surface area contributed by atoms with Crippen molar-refractivity contribution in [2.45, 2.75) is 33.9 Å². The fourth-order valence-corrected chi connectivity index (χ4v) is 3.68. The van der Waals surface area contributed by atoms with Crippen LogP contribution in [0.2, 0.25) is 0 Å². The predicted molar refractivity (Wildman–Crippen MR) is 125 cm³/mol. The number of halogens is 2. The molecule has 0 saturated heterocycles. The minimum atomic E-state index is -0.431. The second-order valence-electron chi connectivity index (χ2n) is 7.60. The average Bonchev–Trinajstić information content (AvgIpc) is 3.28. The molecule has 4 aromatic rings. The van der Waals surface area contributed by atoms with E-state index in [9.17, 15) is 9.18 Å². The number of aromatic nitrogens is 3. The van der Waals surface area contributed by atoms with Gasteiger partial charge >= 0.3 is 0 Å². The minimum absolute atomic E-state index is 0.0162. The van der Waals surface area contributed by atoms with Crippen molar-refractivity contribution in [3.05, 3.63) is 92.8 Å². The lowest BCUT2D eigenvalue weighted by Gasteiger charge is -2.08. The molecule has 2 heterocycles. The number of nitrogens with zero attached hydrogens (tertiary/aromatic N) is 3. The van der Waals surface area contributed by atoms with Gasteiger partial charge in [-0.3, -0.25) is 9.48 Å². The van der Waals surface area contributed by atoms with Crippen LogP contribution in [0.25, 0.3) is 0 Å². The molecule has 33 heavy (non-hydrogen) atoms. The van der Waals surface area contributed by atoms with Crippen LogP contribution >= 0.6 is 15.9 Å². The fourth-order valence-electron chi connectivity index (χ4n) is 3.42. The van der Waals surface area contributed by atoms with Gasteiger partial charge in [-0.25, -0.2) is 4.39 Å². The summed E-state index contributed by atoms with van der Waals surface area (Å²) < 4.78 is 27.1. The Morgan fingerprint density at radius 1 is 1.18 bits per heavy atom. The molecule has 0 aliphatic carbocycles. The van der Waals surface area contributed by atoms with E-state index in [2.05, 4.69) is 31.5 Å². The van der Waals surface area contributed by atoms with Gasteiger partial charge in [-0.2, -0.15) is 5.10 Å². The van der Waals surface area contributed by atoms with E-state index in [0.29, 0.717) is 35.0 Å².